The Morgan fingerprint density at radius 2 is 2.03 bits per heavy atom. The van der Waals surface area contributed by atoms with Crippen molar-refractivity contribution in [2.75, 3.05) is 11.5 Å². The first-order valence-corrected chi connectivity index (χ1v) is 12.6. The lowest BCUT2D eigenvalue weighted by Gasteiger charge is -2.27. The van der Waals surface area contributed by atoms with Gasteiger partial charge in [-0.2, -0.15) is 0 Å². The van der Waals surface area contributed by atoms with Gasteiger partial charge in [0.2, 0.25) is 0 Å². The molecule has 8 heteroatoms. The van der Waals surface area contributed by atoms with Crippen molar-refractivity contribution in [3.8, 4) is 10.6 Å². The van der Waals surface area contributed by atoms with Gasteiger partial charge in [0.1, 0.15) is 0 Å². The van der Waals surface area contributed by atoms with E-state index in [1.165, 1.54) is 16.9 Å². The SMILES string of the molecule is CC(C)c1ccc(CN(C(=O)c2cc(-c3cccs3)on2)[C@@H]2CCS(=O)(=O)C2)cc1. The highest BCUT2D eigenvalue weighted by Gasteiger charge is 2.36. The second-order valence-electron chi connectivity index (χ2n) is 7.94. The van der Waals surface area contributed by atoms with Gasteiger partial charge in [0, 0.05) is 18.7 Å². The summed E-state index contributed by atoms with van der Waals surface area (Å²) in [4.78, 5) is 15.8. The lowest BCUT2D eigenvalue weighted by molar-refractivity contribution is 0.0670. The molecule has 158 valence electrons. The molecule has 3 aromatic rings. The Morgan fingerprint density at radius 3 is 2.63 bits per heavy atom. The molecule has 0 radical (unpaired) electrons. The molecule has 1 aliphatic heterocycles. The van der Waals surface area contributed by atoms with E-state index in [1.807, 2.05) is 29.6 Å². The summed E-state index contributed by atoms with van der Waals surface area (Å²) in [5, 5.41) is 5.90. The minimum Gasteiger partial charge on any atom is -0.355 e. The molecule has 1 atom stereocenters. The Hall–Kier alpha value is -2.45. The maximum absolute atomic E-state index is 13.3. The van der Waals surface area contributed by atoms with Gasteiger partial charge in [0.15, 0.2) is 21.3 Å². The fraction of sp³-hybridized carbons (Fsp3) is 0.364. The van der Waals surface area contributed by atoms with Crippen molar-refractivity contribution in [3.63, 3.8) is 0 Å². The van der Waals surface area contributed by atoms with Crippen LogP contribution in [-0.4, -0.2) is 41.9 Å². The Bertz CT molecular complexity index is 1120. The highest BCUT2D eigenvalue weighted by atomic mass is 32.2. The lowest BCUT2D eigenvalue weighted by atomic mass is 10.0. The topological polar surface area (TPSA) is 80.5 Å². The fourth-order valence-corrected chi connectivity index (χ4v) is 6.05. The van der Waals surface area contributed by atoms with Gasteiger partial charge in [0.05, 0.1) is 16.4 Å². The molecule has 1 amide bonds. The fourth-order valence-electron chi connectivity index (χ4n) is 3.65. The monoisotopic (exact) mass is 444 g/mol. The molecule has 1 aromatic carbocycles. The van der Waals surface area contributed by atoms with Crippen molar-refractivity contribution < 1.29 is 17.7 Å². The van der Waals surface area contributed by atoms with E-state index in [0.29, 0.717) is 24.6 Å². The number of benzene rings is 1. The van der Waals surface area contributed by atoms with Crippen molar-refractivity contribution in [2.45, 2.75) is 38.8 Å². The maximum Gasteiger partial charge on any atom is 0.276 e. The average Bonchev–Trinajstić information content (AvgIpc) is 3.46. The van der Waals surface area contributed by atoms with Gasteiger partial charge >= 0.3 is 0 Å². The van der Waals surface area contributed by atoms with Crippen LogP contribution in [0, 0.1) is 0 Å². The number of hydrogen-bond donors (Lipinski definition) is 0. The van der Waals surface area contributed by atoms with Crippen LogP contribution in [0.4, 0.5) is 0 Å². The second-order valence-corrected chi connectivity index (χ2v) is 11.1. The number of carbonyl (C=O) groups excluding carboxylic acids is 1. The Morgan fingerprint density at radius 1 is 1.27 bits per heavy atom. The van der Waals surface area contributed by atoms with Crippen LogP contribution >= 0.6 is 11.3 Å². The van der Waals surface area contributed by atoms with Gasteiger partial charge in [-0.3, -0.25) is 4.79 Å². The molecular formula is C22H24N2O4S2. The zero-order valence-electron chi connectivity index (χ0n) is 16.9. The third-order valence-corrected chi connectivity index (χ3v) is 8.04. The number of thiophene rings is 1. The van der Waals surface area contributed by atoms with Gasteiger partial charge in [-0.05, 0) is 34.9 Å². The number of rotatable bonds is 6. The predicted octanol–water partition coefficient (Wildman–Crippen LogP) is 4.36. The first-order valence-electron chi connectivity index (χ1n) is 9.93. The molecule has 0 saturated carbocycles. The highest BCUT2D eigenvalue weighted by molar-refractivity contribution is 7.91. The molecule has 0 aliphatic carbocycles. The van der Waals surface area contributed by atoms with Crippen molar-refractivity contribution in [3.05, 3.63) is 64.7 Å². The highest BCUT2D eigenvalue weighted by Crippen LogP contribution is 2.27. The summed E-state index contributed by atoms with van der Waals surface area (Å²) in [5.74, 6) is 0.735. The van der Waals surface area contributed by atoms with Gasteiger partial charge < -0.3 is 9.42 Å². The van der Waals surface area contributed by atoms with Crippen LogP contribution in [0.2, 0.25) is 0 Å². The molecular weight excluding hydrogens is 420 g/mol. The number of amides is 1. The first-order chi connectivity index (χ1) is 14.3. The molecule has 0 spiro atoms. The van der Waals surface area contributed by atoms with E-state index < -0.39 is 9.84 Å². The summed E-state index contributed by atoms with van der Waals surface area (Å²) < 4.78 is 29.5. The molecule has 1 fully saturated rings. The van der Waals surface area contributed by atoms with Crippen LogP contribution in [0.25, 0.3) is 10.6 Å². The molecule has 2 aromatic heterocycles. The third kappa shape index (κ3) is 4.49. The summed E-state index contributed by atoms with van der Waals surface area (Å²) in [6.07, 6.45) is 0.438. The van der Waals surface area contributed by atoms with E-state index in [9.17, 15) is 13.2 Å². The molecule has 1 saturated heterocycles. The zero-order valence-corrected chi connectivity index (χ0v) is 18.6. The van der Waals surface area contributed by atoms with Gasteiger partial charge in [0.25, 0.3) is 5.91 Å². The zero-order chi connectivity index (χ0) is 21.3. The third-order valence-electron chi connectivity index (χ3n) is 5.40. The van der Waals surface area contributed by atoms with E-state index in [4.69, 9.17) is 4.52 Å². The molecule has 1 aliphatic rings. The van der Waals surface area contributed by atoms with Gasteiger partial charge in [-0.1, -0.05) is 49.3 Å². The molecule has 3 heterocycles. The van der Waals surface area contributed by atoms with Crippen LogP contribution in [-0.2, 0) is 16.4 Å². The normalized spacial score (nSPS) is 18.0. The van der Waals surface area contributed by atoms with Crippen LogP contribution in [0.5, 0.6) is 0 Å². The largest absolute Gasteiger partial charge is 0.355 e. The van der Waals surface area contributed by atoms with E-state index >= 15 is 0 Å². The molecule has 0 bridgehead atoms. The minimum absolute atomic E-state index is 0.0154. The van der Waals surface area contributed by atoms with E-state index in [0.717, 1.165) is 10.4 Å². The Kier molecular flexibility index (Phi) is 5.79. The summed E-state index contributed by atoms with van der Waals surface area (Å²) >= 11 is 1.50. The smallest absolute Gasteiger partial charge is 0.276 e. The summed E-state index contributed by atoms with van der Waals surface area (Å²) in [6.45, 7) is 4.59. The maximum atomic E-state index is 13.3. The van der Waals surface area contributed by atoms with Crippen LogP contribution in [0.1, 0.15) is 47.8 Å². The minimum atomic E-state index is -3.13. The number of sulfone groups is 1. The van der Waals surface area contributed by atoms with Gasteiger partial charge in [-0.15, -0.1) is 11.3 Å². The Balaban J connectivity index is 1.60. The summed E-state index contributed by atoms with van der Waals surface area (Å²) in [5.41, 5.74) is 2.37. The lowest BCUT2D eigenvalue weighted by Crippen LogP contribution is -2.40. The standard InChI is InChI=1S/C22H24N2O4S2/c1-15(2)17-7-5-16(6-8-17)13-24(18-9-11-30(26,27)14-18)22(25)19-12-20(28-23-19)21-4-3-10-29-21/h3-8,10,12,15,18H,9,11,13-14H2,1-2H3/t18-/m1/s1. The average molecular weight is 445 g/mol. The molecule has 0 N–H and O–H groups in total. The van der Waals surface area contributed by atoms with E-state index in [2.05, 4.69) is 31.1 Å². The van der Waals surface area contributed by atoms with Crippen LogP contribution in [0.3, 0.4) is 0 Å². The van der Waals surface area contributed by atoms with Crippen LogP contribution in [0.15, 0.2) is 52.4 Å². The first kappa shape index (κ1) is 20.8. The quantitative estimate of drug-likeness (QED) is 0.564. The van der Waals surface area contributed by atoms with E-state index in [-0.39, 0.29) is 29.1 Å². The number of carbonyl (C=O) groups is 1. The van der Waals surface area contributed by atoms with Gasteiger partial charge in [-0.25, -0.2) is 8.42 Å². The van der Waals surface area contributed by atoms with E-state index in [1.54, 1.807) is 11.0 Å². The van der Waals surface area contributed by atoms with Crippen molar-refractivity contribution in [1.82, 2.24) is 10.1 Å². The second kappa shape index (κ2) is 8.35. The molecule has 30 heavy (non-hydrogen) atoms. The van der Waals surface area contributed by atoms with Crippen LogP contribution < -0.4 is 0 Å². The number of aromatic nitrogens is 1. The van der Waals surface area contributed by atoms with Crippen molar-refractivity contribution in [2.24, 2.45) is 0 Å². The number of hydrogen-bond acceptors (Lipinski definition) is 6. The summed E-state index contributed by atoms with van der Waals surface area (Å²) in [7, 11) is -3.13. The van der Waals surface area contributed by atoms with Crippen molar-refractivity contribution in [1.29, 1.82) is 0 Å². The number of nitrogens with zero attached hydrogens (tertiary/aromatic N) is 2. The molecule has 6 nitrogen and oxygen atoms in total. The predicted molar refractivity (Wildman–Crippen MR) is 117 cm³/mol. The molecule has 0 unspecified atom stereocenters. The molecule has 4 rings (SSSR count). The van der Waals surface area contributed by atoms with Crippen molar-refractivity contribution >= 4 is 27.1 Å². The summed E-state index contributed by atoms with van der Waals surface area (Å²) in [6, 6.07) is 13.2. The Labute approximate surface area is 180 Å².